The van der Waals surface area contributed by atoms with E-state index >= 15 is 0 Å². The molecule has 1 aliphatic carbocycles. The molecule has 1 rings (SSSR count). The van der Waals surface area contributed by atoms with Gasteiger partial charge in [-0.15, -0.1) is 0 Å². The summed E-state index contributed by atoms with van der Waals surface area (Å²) in [4.78, 5) is 10.9. The van der Waals surface area contributed by atoms with Gasteiger partial charge in [-0.1, -0.05) is 12.8 Å². The number of carbonyl (C=O) groups excluding carboxylic acids is 1. The van der Waals surface area contributed by atoms with E-state index in [1.165, 1.54) is 0 Å². The average Bonchev–Trinajstić information content (AvgIpc) is 2.18. The van der Waals surface area contributed by atoms with Crippen LogP contribution in [0.5, 0.6) is 0 Å². The van der Waals surface area contributed by atoms with Gasteiger partial charge in [0.1, 0.15) is 6.61 Å². The first-order valence-corrected chi connectivity index (χ1v) is 4.79. The molecule has 4 heteroatoms. The normalized spacial score (nSPS) is 28.5. The summed E-state index contributed by atoms with van der Waals surface area (Å²) in [6, 6.07) is 0.0541. The monoisotopic (exact) mass is 187 g/mol. The molecular formula is C9H17NO3. The zero-order valence-electron chi connectivity index (χ0n) is 7.70. The maximum atomic E-state index is 10.9. The Morgan fingerprint density at radius 3 is 2.62 bits per heavy atom. The lowest BCUT2D eigenvalue weighted by Crippen LogP contribution is -2.44. The zero-order valence-corrected chi connectivity index (χ0v) is 7.70. The second-order valence-corrected chi connectivity index (χ2v) is 3.56. The Kier molecular flexibility index (Phi) is 4.18. The summed E-state index contributed by atoms with van der Waals surface area (Å²) in [5, 5.41) is 20.3. The number of carbonyl (C=O) groups is 1. The molecular weight excluding hydrogens is 170 g/mol. The Morgan fingerprint density at radius 1 is 1.31 bits per heavy atom. The van der Waals surface area contributed by atoms with Crippen molar-refractivity contribution < 1.29 is 15.0 Å². The lowest BCUT2D eigenvalue weighted by Gasteiger charge is -2.30. The summed E-state index contributed by atoms with van der Waals surface area (Å²) in [7, 11) is 0. The van der Waals surface area contributed by atoms with Crippen LogP contribution in [-0.4, -0.2) is 35.4 Å². The molecule has 2 unspecified atom stereocenters. The molecule has 0 aromatic rings. The first-order valence-electron chi connectivity index (χ1n) is 4.79. The molecule has 0 saturated heterocycles. The molecule has 0 aliphatic heterocycles. The molecule has 76 valence electrons. The van der Waals surface area contributed by atoms with E-state index in [-0.39, 0.29) is 24.5 Å². The van der Waals surface area contributed by atoms with E-state index in [9.17, 15) is 4.79 Å². The standard InChI is InChI=1S/C9H17NO3/c11-5-7-3-1-2-4-8(7)10-9(13)6-12/h7-8,11-12H,1-6H2,(H,10,13). The first kappa shape index (κ1) is 10.5. The Labute approximate surface area is 78.0 Å². The van der Waals surface area contributed by atoms with Gasteiger partial charge in [0.15, 0.2) is 0 Å². The van der Waals surface area contributed by atoms with Crippen molar-refractivity contribution in [3.63, 3.8) is 0 Å². The number of rotatable bonds is 3. The molecule has 1 amide bonds. The van der Waals surface area contributed by atoms with Crippen LogP contribution in [0.2, 0.25) is 0 Å². The van der Waals surface area contributed by atoms with E-state index in [1.807, 2.05) is 0 Å². The Bertz CT molecular complexity index is 172. The van der Waals surface area contributed by atoms with E-state index in [0.717, 1.165) is 25.7 Å². The smallest absolute Gasteiger partial charge is 0.245 e. The summed E-state index contributed by atoms with van der Waals surface area (Å²) in [5.41, 5.74) is 0. The summed E-state index contributed by atoms with van der Waals surface area (Å²) in [6.45, 7) is -0.342. The van der Waals surface area contributed by atoms with Crippen LogP contribution in [-0.2, 0) is 4.79 Å². The molecule has 1 fully saturated rings. The Morgan fingerprint density at radius 2 is 2.00 bits per heavy atom. The molecule has 0 radical (unpaired) electrons. The molecule has 3 N–H and O–H groups in total. The van der Waals surface area contributed by atoms with E-state index in [2.05, 4.69) is 5.32 Å². The van der Waals surface area contributed by atoms with Crippen LogP contribution in [0.3, 0.4) is 0 Å². The third-order valence-corrected chi connectivity index (χ3v) is 2.63. The molecule has 2 atom stereocenters. The topological polar surface area (TPSA) is 69.6 Å². The minimum absolute atomic E-state index is 0.0541. The average molecular weight is 187 g/mol. The minimum Gasteiger partial charge on any atom is -0.396 e. The van der Waals surface area contributed by atoms with Crippen LogP contribution < -0.4 is 5.32 Å². The van der Waals surface area contributed by atoms with Crippen molar-refractivity contribution in [3.8, 4) is 0 Å². The van der Waals surface area contributed by atoms with Crippen molar-refractivity contribution in [2.45, 2.75) is 31.7 Å². The molecule has 1 saturated carbocycles. The zero-order chi connectivity index (χ0) is 9.68. The van der Waals surface area contributed by atoms with Crippen molar-refractivity contribution in [2.75, 3.05) is 13.2 Å². The van der Waals surface area contributed by atoms with Gasteiger partial charge in [-0.2, -0.15) is 0 Å². The first-order chi connectivity index (χ1) is 6.27. The number of aliphatic hydroxyl groups is 2. The highest BCUT2D eigenvalue weighted by molar-refractivity contribution is 5.77. The summed E-state index contributed by atoms with van der Waals surface area (Å²) in [6.07, 6.45) is 4.09. The van der Waals surface area contributed by atoms with Crippen LogP contribution in [0.4, 0.5) is 0 Å². The van der Waals surface area contributed by atoms with Gasteiger partial charge < -0.3 is 15.5 Å². The van der Waals surface area contributed by atoms with Gasteiger partial charge in [0.2, 0.25) is 5.91 Å². The van der Waals surface area contributed by atoms with Crippen LogP contribution in [0.15, 0.2) is 0 Å². The molecule has 0 heterocycles. The van der Waals surface area contributed by atoms with Gasteiger partial charge in [-0.25, -0.2) is 0 Å². The quantitative estimate of drug-likeness (QED) is 0.565. The number of nitrogens with one attached hydrogen (secondary N) is 1. The van der Waals surface area contributed by atoms with Gasteiger partial charge in [-0.05, 0) is 12.8 Å². The minimum atomic E-state index is -0.464. The van der Waals surface area contributed by atoms with E-state index in [1.54, 1.807) is 0 Å². The fourth-order valence-corrected chi connectivity index (χ4v) is 1.87. The predicted molar refractivity (Wildman–Crippen MR) is 48.1 cm³/mol. The van der Waals surface area contributed by atoms with Crippen molar-refractivity contribution in [1.29, 1.82) is 0 Å². The van der Waals surface area contributed by atoms with Crippen LogP contribution in [0.25, 0.3) is 0 Å². The van der Waals surface area contributed by atoms with Gasteiger partial charge in [0, 0.05) is 18.6 Å². The highest BCUT2D eigenvalue weighted by Crippen LogP contribution is 2.23. The molecule has 1 aliphatic rings. The van der Waals surface area contributed by atoms with Crippen molar-refractivity contribution >= 4 is 5.91 Å². The molecule has 0 spiro atoms. The second kappa shape index (κ2) is 5.19. The number of amides is 1. The van der Waals surface area contributed by atoms with Crippen molar-refractivity contribution in [1.82, 2.24) is 5.32 Å². The molecule has 0 aromatic carbocycles. The van der Waals surface area contributed by atoms with Crippen LogP contribution in [0.1, 0.15) is 25.7 Å². The van der Waals surface area contributed by atoms with Gasteiger partial charge in [-0.3, -0.25) is 4.79 Å². The molecule has 4 nitrogen and oxygen atoms in total. The van der Waals surface area contributed by atoms with Crippen LogP contribution in [0, 0.1) is 5.92 Å². The maximum absolute atomic E-state index is 10.9. The Hall–Kier alpha value is -0.610. The summed E-state index contributed by atoms with van der Waals surface area (Å²) < 4.78 is 0. The lowest BCUT2D eigenvalue weighted by atomic mass is 9.85. The summed E-state index contributed by atoms with van der Waals surface area (Å²) >= 11 is 0. The fraction of sp³-hybridized carbons (Fsp3) is 0.889. The largest absolute Gasteiger partial charge is 0.396 e. The lowest BCUT2D eigenvalue weighted by molar-refractivity contribution is -0.125. The molecule has 0 aromatic heterocycles. The highest BCUT2D eigenvalue weighted by Gasteiger charge is 2.25. The van der Waals surface area contributed by atoms with Gasteiger partial charge in [0.05, 0.1) is 0 Å². The van der Waals surface area contributed by atoms with E-state index in [4.69, 9.17) is 10.2 Å². The fourth-order valence-electron chi connectivity index (χ4n) is 1.87. The maximum Gasteiger partial charge on any atom is 0.245 e. The molecule has 13 heavy (non-hydrogen) atoms. The number of aliphatic hydroxyl groups excluding tert-OH is 2. The van der Waals surface area contributed by atoms with Gasteiger partial charge in [0.25, 0.3) is 0 Å². The van der Waals surface area contributed by atoms with E-state index in [0.29, 0.717) is 0 Å². The van der Waals surface area contributed by atoms with E-state index < -0.39 is 6.61 Å². The number of hydrogen-bond donors (Lipinski definition) is 3. The predicted octanol–water partition coefficient (Wildman–Crippen LogP) is -0.354. The van der Waals surface area contributed by atoms with Crippen molar-refractivity contribution in [3.05, 3.63) is 0 Å². The Balaban J connectivity index is 2.40. The third-order valence-electron chi connectivity index (χ3n) is 2.63. The van der Waals surface area contributed by atoms with Gasteiger partial charge >= 0.3 is 0 Å². The van der Waals surface area contributed by atoms with Crippen molar-refractivity contribution in [2.24, 2.45) is 5.92 Å². The highest BCUT2D eigenvalue weighted by atomic mass is 16.3. The molecule has 0 bridgehead atoms. The summed E-state index contributed by atoms with van der Waals surface area (Å²) in [5.74, 6) is -0.172. The second-order valence-electron chi connectivity index (χ2n) is 3.56. The number of hydrogen-bond acceptors (Lipinski definition) is 3. The third kappa shape index (κ3) is 2.97. The van der Waals surface area contributed by atoms with Crippen LogP contribution >= 0.6 is 0 Å². The SMILES string of the molecule is O=C(CO)NC1CCCCC1CO.